The Hall–Kier alpha value is -2.25. The molecule has 5 nitrogen and oxygen atoms in total. The largest absolute Gasteiger partial charge is 0.348 e. The first-order chi connectivity index (χ1) is 13.8. The third-order valence-corrected chi connectivity index (χ3v) is 6.78. The Kier molecular flexibility index (Phi) is 6.02. The summed E-state index contributed by atoms with van der Waals surface area (Å²) in [7, 11) is 0. The normalized spacial score (nSPS) is 15.8. The van der Waals surface area contributed by atoms with Crippen molar-refractivity contribution in [3.63, 3.8) is 0 Å². The second-order valence-corrected chi connectivity index (χ2v) is 8.58. The molecule has 0 spiro atoms. The van der Waals surface area contributed by atoms with Gasteiger partial charge in [0.1, 0.15) is 0 Å². The summed E-state index contributed by atoms with van der Waals surface area (Å²) < 4.78 is 2.06. The molecule has 3 aromatic rings. The number of carbonyl (C=O) groups excluding carboxylic acids is 1. The van der Waals surface area contributed by atoms with Crippen LogP contribution in [0.2, 0.25) is 0 Å². The Bertz CT molecular complexity index is 958. The molecular formula is C21H22N4OS2. The monoisotopic (exact) mass is 410 g/mol. The molecule has 144 valence electrons. The molecule has 0 radical (unpaired) electrons. The first kappa shape index (κ1) is 19.1. The van der Waals surface area contributed by atoms with Gasteiger partial charge in [0, 0.05) is 22.8 Å². The van der Waals surface area contributed by atoms with E-state index in [4.69, 9.17) is 0 Å². The van der Waals surface area contributed by atoms with Gasteiger partial charge >= 0.3 is 0 Å². The lowest BCUT2D eigenvalue weighted by Crippen LogP contribution is -2.31. The van der Waals surface area contributed by atoms with E-state index in [1.54, 1.807) is 0 Å². The molecule has 1 amide bonds. The van der Waals surface area contributed by atoms with Crippen molar-refractivity contribution in [1.82, 2.24) is 20.1 Å². The highest BCUT2D eigenvalue weighted by Gasteiger charge is 2.22. The second-order valence-electron chi connectivity index (χ2n) is 6.50. The summed E-state index contributed by atoms with van der Waals surface area (Å²) >= 11 is 3.29. The number of nitrogens with zero attached hydrogens (tertiary/aromatic N) is 3. The Labute approximate surface area is 173 Å². The molecular weight excluding hydrogens is 388 g/mol. The molecule has 1 aliphatic heterocycles. The molecule has 0 fully saturated rings. The Morgan fingerprint density at radius 2 is 1.96 bits per heavy atom. The van der Waals surface area contributed by atoms with E-state index in [2.05, 4.69) is 39.1 Å². The molecule has 1 N–H and O–H groups in total. The lowest BCUT2D eigenvalue weighted by Gasteiger charge is -2.25. The van der Waals surface area contributed by atoms with Crippen molar-refractivity contribution in [2.24, 2.45) is 0 Å². The predicted molar refractivity (Wildman–Crippen MR) is 115 cm³/mol. The number of hydrogen-bond acceptors (Lipinski definition) is 5. The molecule has 0 unspecified atom stereocenters. The number of aromatic nitrogens is 3. The molecule has 2 heterocycles. The molecule has 1 aliphatic rings. The van der Waals surface area contributed by atoms with Gasteiger partial charge in [0.25, 0.3) is 0 Å². The van der Waals surface area contributed by atoms with Crippen LogP contribution in [0.5, 0.6) is 0 Å². The average molecular weight is 411 g/mol. The molecule has 0 saturated heterocycles. The molecule has 2 aromatic carbocycles. The van der Waals surface area contributed by atoms with E-state index >= 15 is 0 Å². The minimum Gasteiger partial charge on any atom is -0.348 e. The number of carbonyl (C=O) groups is 1. The Morgan fingerprint density at radius 3 is 2.79 bits per heavy atom. The highest BCUT2D eigenvalue weighted by atomic mass is 32.2. The quantitative estimate of drug-likeness (QED) is 0.610. The average Bonchev–Trinajstić information content (AvgIpc) is 3.16. The summed E-state index contributed by atoms with van der Waals surface area (Å²) in [6.07, 6.45) is 0.960. The Morgan fingerprint density at radius 1 is 1.18 bits per heavy atom. The van der Waals surface area contributed by atoms with Crippen LogP contribution in [-0.4, -0.2) is 32.2 Å². The van der Waals surface area contributed by atoms with Crippen LogP contribution in [0, 0.1) is 0 Å². The zero-order chi connectivity index (χ0) is 19.3. The SMILES string of the molecule is CCn1c(SCC(=O)N[C@@H]2CCSc3ccccc32)nnc1-c1ccccc1. The number of fused-ring (bicyclic) bond motifs is 1. The summed E-state index contributed by atoms with van der Waals surface area (Å²) in [6, 6.07) is 18.4. The van der Waals surface area contributed by atoms with E-state index in [1.807, 2.05) is 54.2 Å². The third-order valence-electron chi connectivity index (χ3n) is 4.69. The molecule has 1 aromatic heterocycles. The maximum absolute atomic E-state index is 12.6. The van der Waals surface area contributed by atoms with Gasteiger partial charge in [0.05, 0.1) is 11.8 Å². The van der Waals surface area contributed by atoms with E-state index in [1.165, 1.54) is 22.2 Å². The van der Waals surface area contributed by atoms with Crippen LogP contribution in [0.15, 0.2) is 64.6 Å². The van der Waals surface area contributed by atoms with Gasteiger partial charge in [0.15, 0.2) is 11.0 Å². The lowest BCUT2D eigenvalue weighted by atomic mass is 10.0. The number of amides is 1. The summed E-state index contributed by atoms with van der Waals surface area (Å²) in [5.74, 6) is 2.23. The summed E-state index contributed by atoms with van der Waals surface area (Å²) in [4.78, 5) is 13.8. The second kappa shape index (κ2) is 8.84. The van der Waals surface area contributed by atoms with Gasteiger partial charge in [-0.1, -0.05) is 60.3 Å². The van der Waals surface area contributed by atoms with Gasteiger partial charge in [-0.05, 0) is 25.0 Å². The first-order valence-corrected chi connectivity index (χ1v) is 11.4. The van der Waals surface area contributed by atoms with E-state index in [0.29, 0.717) is 5.75 Å². The van der Waals surface area contributed by atoms with Gasteiger partial charge in [0.2, 0.25) is 5.91 Å². The van der Waals surface area contributed by atoms with Gasteiger partial charge in [-0.3, -0.25) is 4.79 Å². The maximum atomic E-state index is 12.6. The molecule has 1 atom stereocenters. The minimum absolute atomic E-state index is 0.0311. The summed E-state index contributed by atoms with van der Waals surface area (Å²) in [6.45, 7) is 2.82. The van der Waals surface area contributed by atoms with Gasteiger partial charge in [-0.25, -0.2) is 0 Å². The lowest BCUT2D eigenvalue weighted by molar-refractivity contribution is -0.119. The van der Waals surface area contributed by atoms with E-state index < -0.39 is 0 Å². The number of hydrogen-bond donors (Lipinski definition) is 1. The van der Waals surface area contributed by atoms with Crippen LogP contribution in [0.1, 0.15) is 24.9 Å². The molecule has 7 heteroatoms. The van der Waals surface area contributed by atoms with Crippen molar-refractivity contribution in [2.75, 3.05) is 11.5 Å². The number of benzene rings is 2. The fourth-order valence-corrected chi connectivity index (χ4v) is 5.28. The van der Waals surface area contributed by atoms with Crippen molar-refractivity contribution in [3.05, 3.63) is 60.2 Å². The zero-order valence-corrected chi connectivity index (χ0v) is 17.3. The van der Waals surface area contributed by atoms with Gasteiger partial charge < -0.3 is 9.88 Å². The third kappa shape index (κ3) is 4.10. The molecule has 0 bridgehead atoms. The number of thioether (sulfide) groups is 2. The van der Waals surface area contributed by atoms with Crippen molar-refractivity contribution in [2.45, 2.75) is 36.0 Å². The summed E-state index contributed by atoms with van der Waals surface area (Å²) in [5.41, 5.74) is 2.25. The first-order valence-electron chi connectivity index (χ1n) is 9.38. The zero-order valence-electron chi connectivity index (χ0n) is 15.7. The molecule has 28 heavy (non-hydrogen) atoms. The molecule has 0 saturated carbocycles. The van der Waals surface area contributed by atoms with Crippen LogP contribution in [-0.2, 0) is 11.3 Å². The van der Waals surface area contributed by atoms with Crippen LogP contribution in [0.3, 0.4) is 0 Å². The van der Waals surface area contributed by atoms with Crippen molar-refractivity contribution in [3.8, 4) is 11.4 Å². The van der Waals surface area contributed by atoms with Crippen molar-refractivity contribution >= 4 is 29.4 Å². The molecule has 4 rings (SSSR count). The van der Waals surface area contributed by atoms with Crippen LogP contribution in [0.25, 0.3) is 11.4 Å². The molecule has 0 aliphatic carbocycles. The van der Waals surface area contributed by atoms with E-state index in [-0.39, 0.29) is 11.9 Å². The van der Waals surface area contributed by atoms with E-state index in [9.17, 15) is 4.79 Å². The highest BCUT2D eigenvalue weighted by Crippen LogP contribution is 2.35. The fraction of sp³-hybridized carbons (Fsp3) is 0.286. The summed E-state index contributed by atoms with van der Waals surface area (Å²) in [5, 5.41) is 12.6. The van der Waals surface area contributed by atoms with Gasteiger partial charge in [-0.15, -0.1) is 22.0 Å². The van der Waals surface area contributed by atoms with Crippen LogP contribution < -0.4 is 5.32 Å². The van der Waals surface area contributed by atoms with Crippen LogP contribution >= 0.6 is 23.5 Å². The Balaban J connectivity index is 1.41. The van der Waals surface area contributed by atoms with Crippen molar-refractivity contribution < 1.29 is 4.79 Å². The van der Waals surface area contributed by atoms with Crippen LogP contribution in [0.4, 0.5) is 0 Å². The minimum atomic E-state index is 0.0311. The predicted octanol–water partition coefficient (Wildman–Crippen LogP) is 4.41. The number of nitrogens with one attached hydrogen (secondary N) is 1. The number of rotatable bonds is 6. The fourth-order valence-electron chi connectivity index (χ4n) is 3.34. The smallest absolute Gasteiger partial charge is 0.230 e. The van der Waals surface area contributed by atoms with Crippen molar-refractivity contribution in [1.29, 1.82) is 0 Å². The standard InChI is InChI=1S/C21H22N4OS2/c1-2-25-20(15-8-4-3-5-9-15)23-24-21(25)28-14-19(26)22-17-12-13-27-18-11-7-6-10-16(17)18/h3-11,17H,2,12-14H2,1H3,(H,22,26)/t17-/m1/s1. The van der Waals surface area contributed by atoms with Gasteiger partial charge in [-0.2, -0.15) is 0 Å². The maximum Gasteiger partial charge on any atom is 0.230 e. The topological polar surface area (TPSA) is 59.8 Å². The highest BCUT2D eigenvalue weighted by molar-refractivity contribution is 7.99. The van der Waals surface area contributed by atoms with E-state index in [0.717, 1.165) is 35.3 Å².